The molecule has 0 unspecified atom stereocenters. The maximum absolute atomic E-state index is 5.36. The summed E-state index contributed by atoms with van der Waals surface area (Å²) in [6.07, 6.45) is 3.65. The fourth-order valence-electron chi connectivity index (χ4n) is 2.52. The molecule has 108 valence electrons. The lowest BCUT2D eigenvalue weighted by molar-refractivity contribution is 0.357. The maximum Gasteiger partial charge on any atom is 0.122 e. The molecule has 0 aromatic heterocycles. The Labute approximate surface area is 122 Å². The van der Waals surface area contributed by atoms with Crippen LogP contribution in [0.1, 0.15) is 18.4 Å². The second kappa shape index (κ2) is 9.18. The Bertz CT molecular complexity index is 354. The second-order valence-corrected chi connectivity index (χ2v) is 4.96. The Balaban J connectivity index is 0.00000180. The van der Waals surface area contributed by atoms with Crippen LogP contribution < -0.4 is 15.4 Å². The molecule has 19 heavy (non-hydrogen) atoms. The fourth-order valence-corrected chi connectivity index (χ4v) is 2.52. The molecule has 2 N–H and O–H groups in total. The summed E-state index contributed by atoms with van der Waals surface area (Å²) in [4.78, 5) is 0. The molecule has 4 heteroatoms. The number of nitrogens with one attached hydrogen (secondary N) is 2. The van der Waals surface area contributed by atoms with Crippen LogP contribution in [0.4, 0.5) is 0 Å². The minimum Gasteiger partial charge on any atom is -0.496 e. The number of para-hydroxylation sites is 1. The zero-order chi connectivity index (χ0) is 12.6. The van der Waals surface area contributed by atoms with Crippen LogP contribution in [0.25, 0.3) is 0 Å². The molecule has 0 bridgehead atoms. The van der Waals surface area contributed by atoms with Crippen molar-refractivity contribution in [2.75, 3.05) is 33.3 Å². The Morgan fingerprint density at radius 1 is 1.26 bits per heavy atom. The molecule has 1 saturated heterocycles. The normalized spacial score (nSPS) is 15.8. The number of ether oxygens (including phenoxy) is 1. The highest BCUT2D eigenvalue weighted by molar-refractivity contribution is 5.85. The van der Waals surface area contributed by atoms with Gasteiger partial charge in [-0.15, -0.1) is 12.4 Å². The van der Waals surface area contributed by atoms with Crippen molar-refractivity contribution in [2.24, 2.45) is 5.92 Å². The molecule has 3 nitrogen and oxygen atoms in total. The quantitative estimate of drug-likeness (QED) is 0.786. The van der Waals surface area contributed by atoms with E-state index >= 15 is 0 Å². The van der Waals surface area contributed by atoms with Gasteiger partial charge in [-0.05, 0) is 63.0 Å². The van der Waals surface area contributed by atoms with Crippen molar-refractivity contribution in [1.29, 1.82) is 0 Å². The van der Waals surface area contributed by atoms with Gasteiger partial charge in [0.15, 0.2) is 0 Å². The Kier molecular flexibility index (Phi) is 7.87. The summed E-state index contributed by atoms with van der Waals surface area (Å²) in [5, 5.41) is 6.97. The Morgan fingerprint density at radius 3 is 2.74 bits per heavy atom. The van der Waals surface area contributed by atoms with E-state index in [0.717, 1.165) is 31.2 Å². The van der Waals surface area contributed by atoms with Gasteiger partial charge in [0.05, 0.1) is 7.11 Å². The number of benzene rings is 1. The lowest BCUT2D eigenvalue weighted by atomic mass is 9.98. The van der Waals surface area contributed by atoms with E-state index in [2.05, 4.69) is 22.8 Å². The van der Waals surface area contributed by atoms with Gasteiger partial charge >= 0.3 is 0 Å². The van der Waals surface area contributed by atoms with E-state index in [1.165, 1.54) is 31.5 Å². The molecular formula is C15H25ClN2O. The smallest absolute Gasteiger partial charge is 0.122 e. The van der Waals surface area contributed by atoms with Crippen molar-refractivity contribution in [3.8, 4) is 5.75 Å². The van der Waals surface area contributed by atoms with Crippen LogP contribution in [0.5, 0.6) is 5.75 Å². The van der Waals surface area contributed by atoms with Gasteiger partial charge in [0.2, 0.25) is 0 Å². The third-order valence-corrected chi connectivity index (χ3v) is 3.66. The van der Waals surface area contributed by atoms with E-state index in [1.54, 1.807) is 7.11 Å². The second-order valence-electron chi connectivity index (χ2n) is 4.96. The minimum absolute atomic E-state index is 0. The lowest BCUT2D eigenvalue weighted by Gasteiger charge is -2.22. The molecule has 0 amide bonds. The average Bonchev–Trinajstić information content (AvgIpc) is 2.45. The van der Waals surface area contributed by atoms with E-state index < -0.39 is 0 Å². The number of hydrogen-bond acceptors (Lipinski definition) is 3. The van der Waals surface area contributed by atoms with Crippen molar-refractivity contribution < 1.29 is 4.74 Å². The zero-order valence-corrected chi connectivity index (χ0v) is 12.5. The molecule has 2 rings (SSSR count). The van der Waals surface area contributed by atoms with Crippen LogP contribution in [0.2, 0.25) is 0 Å². The van der Waals surface area contributed by atoms with Gasteiger partial charge in [0.25, 0.3) is 0 Å². The van der Waals surface area contributed by atoms with E-state index in [1.807, 2.05) is 12.1 Å². The zero-order valence-electron chi connectivity index (χ0n) is 11.7. The first-order valence-electron chi connectivity index (χ1n) is 6.93. The summed E-state index contributed by atoms with van der Waals surface area (Å²) in [7, 11) is 1.74. The Morgan fingerprint density at radius 2 is 2.00 bits per heavy atom. The molecule has 1 aliphatic heterocycles. The van der Waals surface area contributed by atoms with Crippen molar-refractivity contribution in [3.05, 3.63) is 29.8 Å². The molecule has 0 spiro atoms. The van der Waals surface area contributed by atoms with Gasteiger partial charge in [-0.1, -0.05) is 18.2 Å². The molecule has 1 fully saturated rings. The minimum atomic E-state index is 0. The first-order chi connectivity index (χ1) is 8.90. The van der Waals surface area contributed by atoms with Crippen LogP contribution in [0.3, 0.4) is 0 Å². The van der Waals surface area contributed by atoms with E-state index in [4.69, 9.17) is 4.74 Å². The van der Waals surface area contributed by atoms with Gasteiger partial charge in [0, 0.05) is 0 Å². The van der Waals surface area contributed by atoms with Crippen LogP contribution >= 0.6 is 12.4 Å². The van der Waals surface area contributed by atoms with Gasteiger partial charge in [0.1, 0.15) is 5.75 Å². The predicted octanol–water partition coefficient (Wildman–Crippen LogP) is 2.25. The highest BCUT2D eigenvalue weighted by Gasteiger charge is 2.11. The first-order valence-corrected chi connectivity index (χ1v) is 6.93. The molecule has 0 aliphatic carbocycles. The highest BCUT2D eigenvalue weighted by Crippen LogP contribution is 2.17. The molecule has 1 aromatic carbocycles. The predicted molar refractivity (Wildman–Crippen MR) is 82.4 cm³/mol. The number of methoxy groups -OCH3 is 1. The topological polar surface area (TPSA) is 33.3 Å². The molecule has 0 atom stereocenters. The SMILES string of the molecule is COc1ccccc1CCNCC1CCNCC1.Cl. The van der Waals surface area contributed by atoms with Gasteiger partial charge in [-0.2, -0.15) is 0 Å². The van der Waals surface area contributed by atoms with Crippen molar-refractivity contribution in [3.63, 3.8) is 0 Å². The van der Waals surface area contributed by atoms with Gasteiger partial charge in [-0.25, -0.2) is 0 Å². The standard InChI is InChI=1S/C15H24N2O.ClH/c1-18-15-5-3-2-4-14(15)8-11-17-12-13-6-9-16-10-7-13;/h2-5,13,16-17H,6-12H2,1H3;1H. The highest BCUT2D eigenvalue weighted by atomic mass is 35.5. The van der Waals surface area contributed by atoms with Gasteiger partial charge in [-0.3, -0.25) is 0 Å². The van der Waals surface area contributed by atoms with E-state index in [-0.39, 0.29) is 12.4 Å². The molecule has 1 aliphatic rings. The monoisotopic (exact) mass is 284 g/mol. The third kappa shape index (κ3) is 5.39. The summed E-state index contributed by atoms with van der Waals surface area (Å²) < 4.78 is 5.36. The molecule has 1 heterocycles. The van der Waals surface area contributed by atoms with Crippen LogP contribution in [0, 0.1) is 5.92 Å². The third-order valence-electron chi connectivity index (χ3n) is 3.66. The van der Waals surface area contributed by atoms with E-state index in [0.29, 0.717) is 0 Å². The summed E-state index contributed by atoms with van der Waals surface area (Å²) in [6.45, 7) is 4.54. The van der Waals surface area contributed by atoms with Crippen molar-refractivity contribution in [2.45, 2.75) is 19.3 Å². The van der Waals surface area contributed by atoms with Crippen LogP contribution in [-0.2, 0) is 6.42 Å². The number of halogens is 1. The number of piperidine rings is 1. The fraction of sp³-hybridized carbons (Fsp3) is 0.600. The Hall–Kier alpha value is -0.770. The average molecular weight is 285 g/mol. The summed E-state index contributed by atoms with van der Waals surface area (Å²) in [5.41, 5.74) is 1.29. The summed E-state index contributed by atoms with van der Waals surface area (Å²) >= 11 is 0. The van der Waals surface area contributed by atoms with Crippen LogP contribution in [0.15, 0.2) is 24.3 Å². The van der Waals surface area contributed by atoms with Crippen molar-refractivity contribution in [1.82, 2.24) is 10.6 Å². The molecule has 1 aromatic rings. The first kappa shape index (κ1) is 16.3. The summed E-state index contributed by atoms with van der Waals surface area (Å²) in [6, 6.07) is 8.27. The number of rotatable bonds is 6. The van der Waals surface area contributed by atoms with Gasteiger partial charge < -0.3 is 15.4 Å². The number of hydrogen-bond donors (Lipinski definition) is 2. The van der Waals surface area contributed by atoms with E-state index in [9.17, 15) is 0 Å². The molecular weight excluding hydrogens is 260 g/mol. The summed E-state index contributed by atoms with van der Waals surface area (Å²) in [5.74, 6) is 1.85. The maximum atomic E-state index is 5.36. The van der Waals surface area contributed by atoms with Crippen LogP contribution in [-0.4, -0.2) is 33.3 Å². The lowest BCUT2D eigenvalue weighted by Crippen LogP contribution is -2.34. The largest absolute Gasteiger partial charge is 0.496 e. The van der Waals surface area contributed by atoms with Crippen molar-refractivity contribution >= 4 is 12.4 Å². The molecule has 0 saturated carbocycles. The molecule has 0 radical (unpaired) electrons.